The fourth-order valence-corrected chi connectivity index (χ4v) is 3.65. The minimum atomic E-state index is -4.59. The van der Waals surface area contributed by atoms with Crippen LogP contribution >= 0.6 is 11.6 Å². The maximum absolute atomic E-state index is 14.4. The number of halogens is 6. The molecule has 2 nitrogen and oxygen atoms in total. The summed E-state index contributed by atoms with van der Waals surface area (Å²) in [5, 5.41) is 2.91. The monoisotopic (exact) mass is 461 g/mol. The molecule has 2 aromatic rings. The zero-order chi connectivity index (χ0) is 23.6. The van der Waals surface area contributed by atoms with E-state index in [4.69, 9.17) is 11.6 Å². The first kappa shape index (κ1) is 25.1. The van der Waals surface area contributed by atoms with E-state index in [1.54, 1.807) is 32.0 Å². The Balaban J connectivity index is 2.42. The van der Waals surface area contributed by atoms with Gasteiger partial charge in [0.05, 0.1) is 11.0 Å². The Labute approximate surface area is 183 Å². The second-order valence-electron chi connectivity index (χ2n) is 8.03. The third kappa shape index (κ3) is 5.76. The van der Waals surface area contributed by atoms with Crippen molar-refractivity contribution in [1.29, 1.82) is 0 Å². The van der Waals surface area contributed by atoms with E-state index in [-0.39, 0.29) is 5.56 Å². The minimum Gasteiger partial charge on any atom is -0.343 e. The van der Waals surface area contributed by atoms with Crippen molar-refractivity contribution in [1.82, 2.24) is 5.32 Å². The van der Waals surface area contributed by atoms with Crippen LogP contribution in [0.1, 0.15) is 61.9 Å². The van der Waals surface area contributed by atoms with Crippen molar-refractivity contribution in [2.45, 2.75) is 64.1 Å². The summed E-state index contributed by atoms with van der Waals surface area (Å²) in [4.78, 5) is 13.3. The van der Waals surface area contributed by atoms with Gasteiger partial charge in [-0.2, -0.15) is 13.2 Å². The molecule has 0 spiro atoms. The standard InChI is InChI=1S/C23H25ClF5NO/c1-5-12-21(3,17-10-11-18(24)14(2)13-17)20(31)30-19(22(4,25)26)15-6-8-16(9-7-15)23(27,28)29/h6-11,13,19H,5,12H2,1-4H3,(H,30,31). The molecule has 0 radical (unpaired) electrons. The van der Waals surface area contributed by atoms with Crippen LogP contribution in [0.2, 0.25) is 5.02 Å². The largest absolute Gasteiger partial charge is 0.416 e. The van der Waals surface area contributed by atoms with E-state index in [9.17, 15) is 26.7 Å². The number of benzene rings is 2. The Hall–Kier alpha value is -2.15. The van der Waals surface area contributed by atoms with Crippen LogP contribution in [0.5, 0.6) is 0 Å². The van der Waals surface area contributed by atoms with Crippen LogP contribution < -0.4 is 5.32 Å². The van der Waals surface area contributed by atoms with Gasteiger partial charge in [0.1, 0.15) is 6.04 Å². The third-order valence-corrected chi connectivity index (χ3v) is 5.82. The van der Waals surface area contributed by atoms with Crippen molar-refractivity contribution in [2.24, 2.45) is 0 Å². The predicted molar refractivity (Wildman–Crippen MR) is 111 cm³/mol. The summed E-state index contributed by atoms with van der Waals surface area (Å²) in [7, 11) is 0. The molecule has 0 fully saturated rings. The SMILES string of the molecule is CCCC(C)(C(=O)NC(c1ccc(C(F)(F)F)cc1)C(C)(F)F)c1ccc(Cl)c(C)c1. The molecule has 170 valence electrons. The van der Waals surface area contributed by atoms with Gasteiger partial charge in [0, 0.05) is 11.9 Å². The zero-order valence-corrected chi connectivity index (χ0v) is 18.5. The molecular formula is C23H25ClF5NO. The lowest BCUT2D eigenvalue weighted by Gasteiger charge is -2.33. The number of amides is 1. The van der Waals surface area contributed by atoms with Gasteiger partial charge in [-0.3, -0.25) is 4.79 Å². The van der Waals surface area contributed by atoms with Crippen molar-refractivity contribution >= 4 is 17.5 Å². The van der Waals surface area contributed by atoms with Gasteiger partial charge in [-0.15, -0.1) is 0 Å². The number of rotatable bonds is 7. The molecule has 8 heteroatoms. The quantitative estimate of drug-likeness (QED) is 0.433. The summed E-state index contributed by atoms with van der Waals surface area (Å²) in [6, 6.07) is 6.68. The summed E-state index contributed by atoms with van der Waals surface area (Å²) >= 11 is 6.08. The molecule has 0 aliphatic heterocycles. The van der Waals surface area contributed by atoms with Crippen LogP contribution in [0.25, 0.3) is 0 Å². The van der Waals surface area contributed by atoms with Crippen LogP contribution in [0.4, 0.5) is 22.0 Å². The summed E-state index contributed by atoms with van der Waals surface area (Å²) < 4.78 is 67.3. The fourth-order valence-electron chi connectivity index (χ4n) is 3.53. The van der Waals surface area contributed by atoms with Gasteiger partial charge in [-0.05, 0) is 55.2 Å². The molecule has 2 rings (SSSR count). The first-order valence-electron chi connectivity index (χ1n) is 9.82. The number of alkyl halides is 5. The number of carbonyl (C=O) groups is 1. The van der Waals surface area contributed by atoms with Crippen molar-refractivity contribution < 1.29 is 26.7 Å². The van der Waals surface area contributed by atoms with Crippen LogP contribution in [0.3, 0.4) is 0 Å². The molecule has 31 heavy (non-hydrogen) atoms. The molecule has 2 aromatic carbocycles. The first-order valence-corrected chi connectivity index (χ1v) is 10.2. The van der Waals surface area contributed by atoms with Crippen LogP contribution in [0, 0.1) is 6.92 Å². The fraction of sp³-hybridized carbons (Fsp3) is 0.435. The lowest BCUT2D eigenvalue weighted by atomic mass is 9.77. The summed E-state index contributed by atoms with van der Waals surface area (Å²) in [6.45, 7) is 5.93. The van der Waals surface area contributed by atoms with Crippen molar-refractivity contribution in [3.8, 4) is 0 Å². The molecule has 0 aliphatic rings. The maximum Gasteiger partial charge on any atom is 0.416 e. The average Bonchev–Trinajstić information content (AvgIpc) is 2.66. The van der Waals surface area contributed by atoms with E-state index in [0.29, 0.717) is 30.4 Å². The lowest BCUT2D eigenvalue weighted by molar-refractivity contribution is -0.137. The third-order valence-electron chi connectivity index (χ3n) is 5.40. The number of aryl methyl sites for hydroxylation is 1. The van der Waals surface area contributed by atoms with E-state index >= 15 is 0 Å². The van der Waals surface area contributed by atoms with Gasteiger partial charge >= 0.3 is 6.18 Å². The molecule has 0 bridgehead atoms. The Morgan fingerprint density at radius 2 is 1.55 bits per heavy atom. The Morgan fingerprint density at radius 3 is 2.00 bits per heavy atom. The van der Waals surface area contributed by atoms with E-state index in [1.165, 1.54) is 0 Å². The second kappa shape index (κ2) is 9.15. The van der Waals surface area contributed by atoms with Crippen molar-refractivity contribution in [2.75, 3.05) is 0 Å². The molecule has 1 N–H and O–H groups in total. The second-order valence-corrected chi connectivity index (χ2v) is 8.44. The number of hydrogen-bond acceptors (Lipinski definition) is 1. The van der Waals surface area contributed by atoms with E-state index in [1.807, 2.05) is 6.92 Å². The highest BCUT2D eigenvalue weighted by atomic mass is 35.5. The first-order chi connectivity index (χ1) is 14.2. The highest BCUT2D eigenvalue weighted by molar-refractivity contribution is 6.31. The molecule has 2 atom stereocenters. The van der Waals surface area contributed by atoms with E-state index < -0.39 is 35.0 Å². The minimum absolute atomic E-state index is 0.111. The van der Waals surface area contributed by atoms with Gasteiger partial charge in [0.15, 0.2) is 0 Å². The topological polar surface area (TPSA) is 29.1 Å². The summed E-state index contributed by atoms with van der Waals surface area (Å²) in [5.74, 6) is -4.04. The maximum atomic E-state index is 14.4. The summed E-state index contributed by atoms with van der Waals surface area (Å²) in [5.41, 5.74) is -0.818. The zero-order valence-electron chi connectivity index (χ0n) is 17.7. The van der Waals surface area contributed by atoms with Gasteiger partial charge in [-0.1, -0.05) is 49.2 Å². The smallest absolute Gasteiger partial charge is 0.343 e. The number of nitrogens with one attached hydrogen (secondary N) is 1. The molecule has 0 aromatic heterocycles. The Bertz CT molecular complexity index is 921. The highest BCUT2D eigenvalue weighted by Gasteiger charge is 2.42. The molecule has 0 saturated carbocycles. The summed E-state index contributed by atoms with van der Waals surface area (Å²) in [6.07, 6.45) is -3.59. The van der Waals surface area contributed by atoms with Crippen LogP contribution in [-0.2, 0) is 16.4 Å². The molecule has 0 heterocycles. The van der Waals surface area contributed by atoms with Crippen LogP contribution in [0.15, 0.2) is 42.5 Å². The molecule has 0 aliphatic carbocycles. The van der Waals surface area contributed by atoms with E-state index in [2.05, 4.69) is 5.32 Å². The Kier molecular flexibility index (Phi) is 7.41. The lowest BCUT2D eigenvalue weighted by Crippen LogP contribution is -2.47. The van der Waals surface area contributed by atoms with Gasteiger partial charge in [0.25, 0.3) is 5.92 Å². The highest BCUT2D eigenvalue weighted by Crippen LogP contribution is 2.37. The average molecular weight is 462 g/mol. The number of carbonyl (C=O) groups excluding carboxylic acids is 1. The molecule has 0 saturated heterocycles. The van der Waals surface area contributed by atoms with Gasteiger partial charge in [-0.25, -0.2) is 8.78 Å². The van der Waals surface area contributed by atoms with E-state index in [0.717, 1.165) is 29.8 Å². The van der Waals surface area contributed by atoms with Gasteiger partial charge < -0.3 is 5.32 Å². The van der Waals surface area contributed by atoms with Crippen molar-refractivity contribution in [3.63, 3.8) is 0 Å². The predicted octanol–water partition coefficient (Wildman–Crippen LogP) is 7.24. The number of hydrogen-bond donors (Lipinski definition) is 1. The molecular weight excluding hydrogens is 437 g/mol. The molecule has 1 amide bonds. The van der Waals surface area contributed by atoms with Gasteiger partial charge in [0.2, 0.25) is 5.91 Å². The Morgan fingerprint density at radius 1 is 1.00 bits per heavy atom. The van der Waals surface area contributed by atoms with Crippen LogP contribution in [-0.4, -0.2) is 11.8 Å². The normalized spacial score (nSPS) is 15.3. The van der Waals surface area contributed by atoms with Crippen molar-refractivity contribution in [3.05, 3.63) is 69.7 Å². The molecule has 2 unspecified atom stereocenters.